The molecule has 2 rings (SSSR count). The summed E-state index contributed by atoms with van der Waals surface area (Å²) in [6, 6.07) is 14.1. The number of hydrogen-bond donors (Lipinski definition) is 1. The van der Waals surface area contributed by atoms with Crippen LogP contribution >= 0.6 is 0 Å². The molecule has 1 amide bonds. The van der Waals surface area contributed by atoms with E-state index in [4.69, 9.17) is 4.74 Å². The maximum absolute atomic E-state index is 11.9. The fourth-order valence-corrected chi connectivity index (χ4v) is 1.96. The van der Waals surface area contributed by atoms with Crippen molar-refractivity contribution in [3.8, 4) is 5.75 Å². The van der Waals surface area contributed by atoms with Gasteiger partial charge < -0.3 is 10.1 Å². The molecule has 0 fully saturated rings. The van der Waals surface area contributed by atoms with Gasteiger partial charge in [-0.15, -0.1) is 0 Å². The predicted octanol–water partition coefficient (Wildman–Crippen LogP) is 3.52. The van der Waals surface area contributed by atoms with E-state index in [2.05, 4.69) is 11.4 Å². The largest absolute Gasteiger partial charge is 0.481 e. The third-order valence-electron chi connectivity index (χ3n) is 3.40. The normalized spacial score (nSPS) is 13.8. The second-order valence-electron chi connectivity index (χ2n) is 5.09. The Kier molecular flexibility index (Phi) is 4.61. The molecular weight excluding hydrogens is 250 g/mol. The van der Waals surface area contributed by atoms with Crippen LogP contribution in [0.4, 0.5) is 0 Å². The Labute approximate surface area is 119 Å². The molecular formula is C17H21NO2. The lowest BCUT2D eigenvalue weighted by Crippen LogP contribution is -2.40. The summed E-state index contributed by atoms with van der Waals surface area (Å²) in [6.45, 7) is 5.80. The van der Waals surface area contributed by atoms with Gasteiger partial charge in [0.15, 0.2) is 6.10 Å². The number of hydrogen-bond acceptors (Lipinski definition) is 2. The Balaban J connectivity index is 2.05. The smallest absolute Gasteiger partial charge is 0.260 e. The maximum atomic E-state index is 11.9. The SMILES string of the molecule is CC[C@H](C)NC(=O)[C@@H](C)Oc1ccc2ccccc2c1. The fourth-order valence-electron chi connectivity index (χ4n) is 1.96. The van der Waals surface area contributed by atoms with E-state index in [0.29, 0.717) is 0 Å². The summed E-state index contributed by atoms with van der Waals surface area (Å²) in [6.07, 6.45) is 0.416. The molecule has 0 spiro atoms. The number of fused-ring (bicyclic) bond motifs is 1. The molecule has 3 heteroatoms. The molecule has 1 N–H and O–H groups in total. The van der Waals surface area contributed by atoms with Crippen LogP contribution in [0, 0.1) is 0 Å². The number of carbonyl (C=O) groups is 1. The molecule has 2 aromatic carbocycles. The summed E-state index contributed by atoms with van der Waals surface area (Å²) in [5, 5.41) is 5.20. The first-order valence-corrected chi connectivity index (χ1v) is 7.06. The Morgan fingerprint density at radius 3 is 2.55 bits per heavy atom. The highest BCUT2D eigenvalue weighted by Gasteiger charge is 2.16. The summed E-state index contributed by atoms with van der Waals surface area (Å²) in [4.78, 5) is 11.9. The van der Waals surface area contributed by atoms with Crippen LogP contribution < -0.4 is 10.1 Å². The molecule has 0 bridgehead atoms. The third kappa shape index (κ3) is 3.50. The van der Waals surface area contributed by atoms with Crippen molar-refractivity contribution in [2.24, 2.45) is 0 Å². The first-order valence-electron chi connectivity index (χ1n) is 7.06. The highest BCUT2D eigenvalue weighted by Crippen LogP contribution is 2.21. The van der Waals surface area contributed by atoms with E-state index in [1.807, 2.05) is 50.2 Å². The molecule has 0 aliphatic carbocycles. The second kappa shape index (κ2) is 6.42. The van der Waals surface area contributed by atoms with Crippen LogP contribution in [0.2, 0.25) is 0 Å². The van der Waals surface area contributed by atoms with Crippen LogP contribution in [0.5, 0.6) is 5.75 Å². The molecule has 0 aliphatic rings. The van der Waals surface area contributed by atoms with Gasteiger partial charge in [-0.25, -0.2) is 0 Å². The summed E-state index contributed by atoms with van der Waals surface area (Å²) >= 11 is 0. The molecule has 0 saturated heterocycles. The number of nitrogens with one attached hydrogen (secondary N) is 1. The van der Waals surface area contributed by atoms with Crippen LogP contribution in [0.3, 0.4) is 0 Å². The molecule has 0 aliphatic heterocycles. The van der Waals surface area contributed by atoms with E-state index in [9.17, 15) is 4.79 Å². The number of benzene rings is 2. The standard InChI is InChI=1S/C17H21NO2/c1-4-12(2)18-17(19)13(3)20-16-10-9-14-7-5-6-8-15(14)11-16/h5-13H,4H2,1-3H3,(H,18,19)/t12-,13+/m0/s1. The van der Waals surface area contributed by atoms with E-state index in [1.54, 1.807) is 6.92 Å². The Bertz CT molecular complexity index is 594. The van der Waals surface area contributed by atoms with Gasteiger partial charge in [0.1, 0.15) is 5.75 Å². The summed E-state index contributed by atoms with van der Waals surface area (Å²) < 4.78 is 5.72. The zero-order chi connectivity index (χ0) is 14.5. The minimum absolute atomic E-state index is 0.0764. The number of ether oxygens (including phenoxy) is 1. The first kappa shape index (κ1) is 14.4. The lowest BCUT2D eigenvalue weighted by Gasteiger charge is -2.18. The van der Waals surface area contributed by atoms with Crippen LogP contribution in [0.15, 0.2) is 42.5 Å². The number of rotatable bonds is 5. The van der Waals surface area contributed by atoms with Crippen molar-refractivity contribution in [1.29, 1.82) is 0 Å². The van der Waals surface area contributed by atoms with Crippen LogP contribution in [0.25, 0.3) is 10.8 Å². The number of amides is 1. The van der Waals surface area contributed by atoms with Gasteiger partial charge in [0.25, 0.3) is 5.91 Å². The topological polar surface area (TPSA) is 38.3 Å². The molecule has 0 saturated carbocycles. The second-order valence-corrected chi connectivity index (χ2v) is 5.09. The molecule has 0 aromatic heterocycles. The molecule has 106 valence electrons. The summed E-state index contributed by atoms with van der Waals surface area (Å²) in [5.74, 6) is 0.642. The highest BCUT2D eigenvalue weighted by molar-refractivity contribution is 5.84. The van der Waals surface area contributed by atoms with Crippen molar-refractivity contribution in [2.75, 3.05) is 0 Å². The van der Waals surface area contributed by atoms with Crippen molar-refractivity contribution in [1.82, 2.24) is 5.32 Å². The van der Waals surface area contributed by atoms with Gasteiger partial charge in [0, 0.05) is 6.04 Å². The molecule has 2 atom stereocenters. The third-order valence-corrected chi connectivity index (χ3v) is 3.40. The lowest BCUT2D eigenvalue weighted by atomic mass is 10.1. The van der Waals surface area contributed by atoms with Crippen LogP contribution in [-0.4, -0.2) is 18.1 Å². The van der Waals surface area contributed by atoms with Crippen LogP contribution in [-0.2, 0) is 4.79 Å². The van der Waals surface area contributed by atoms with Gasteiger partial charge >= 0.3 is 0 Å². The van der Waals surface area contributed by atoms with Gasteiger partial charge in [-0.3, -0.25) is 4.79 Å². The van der Waals surface area contributed by atoms with E-state index >= 15 is 0 Å². The van der Waals surface area contributed by atoms with Crippen molar-refractivity contribution < 1.29 is 9.53 Å². The van der Waals surface area contributed by atoms with Gasteiger partial charge in [0.2, 0.25) is 0 Å². The van der Waals surface area contributed by atoms with Crippen molar-refractivity contribution >= 4 is 16.7 Å². The van der Waals surface area contributed by atoms with E-state index < -0.39 is 6.10 Å². The summed E-state index contributed by atoms with van der Waals surface area (Å²) in [5.41, 5.74) is 0. The zero-order valence-electron chi connectivity index (χ0n) is 12.2. The molecule has 0 radical (unpaired) electrons. The van der Waals surface area contributed by atoms with Gasteiger partial charge in [-0.05, 0) is 43.2 Å². The van der Waals surface area contributed by atoms with E-state index in [0.717, 1.165) is 22.9 Å². The van der Waals surface area contributed by atoms with Gasteiger partial charge in [0.05, 0.1) is 0 Å². The average molecular weight is 271 g/mol. The van der Waals surface area contributed by atoms with Crippen molar-refractivity contribution in [2.45, 2.75) is 39.3 Å². The monoisotopic (exact) mass is 271 g/mol. The minimum atomic E-state index is -0.495. The quantitative estimate of drug-likeness (QED) is 0.903. The Hall–Kier alpha value is -2.03. The number of carbonyl (C=O) groups excluding carboxylic acids is 1. The molecule has 2 aromatic rings. The van der Waals surface area contributed by atoms with Gasteiger partial charge in [-0.1, -0.05) is 37.3 Å². The van der Waals surface area contributed by atoms with E-state index in [1.165, 1.54) is 0 Å². The van der Waals surface area contributed by atoms with E-state index in [-0.39, 0.29) is 11.9 Å². The highest BCUT2D eigenvalue weighted by atomic mass is 16.5. The maximum Gasteiger partial charge on any atom is 0.260 e. The lowest BCUT2D eigenvalue weighted by molar-refractivity contribution is -0.127. The molecule has 0 unspecified atom stereocenters. The molecule has 20 heavy (non-hydrogen) atoms. The summed E-state index contributed by atoms with van der Waals surface area (Å²) in [7, 11) is 0. The Morgan fingerprint density at radius 2 is 1.85 bits per heavy atom. The van der Waals surface area contributed by atoms with Crippen molar-refractivity contribution in [3.05, 3.63) is 42.5 Å². The van der Waals surface area contributed by atoms with Gasteiger partial charge in [-0.2, -0.15) is 0 Å². The van der Waals surface area contributed by atoms with Crippen molar-refractivity contribution in [3.63, 3.8) is 0 Å². The first-order chi connectivity index (χ1) is 9.60. The van der Waals surface area contributed by atoms with Crippen LogP contribution in [0.1, 0.15) is 27.2 Å². The zero-order valence-corrected chi connectivity index (χ0v) is 12.2. The minimum Gasteiger partial charge on any atom is -0.481 e. The molecule has 0 heterocycles. The fraction of sp³-hybridized carbons (Fsp3) is 0.353. The Morgan fingerprint density at radius 1 is 1.15 bits per heavy atom. The molecule has 3 nitrogen and oxygen atoms in total. The predicted molar refractivity (Wildman–Crippen MR) is 81.9 cm³/mol. The average Bonchev–Trinajstić information content (AvgIpc) is 2.46.